The van der Waals surface area contributed by atoms with Crippen LogP contribution in [0.2, 0.25) is 0 Å². The van der Waals surface area contributed by atoms with Gasteiger partial charge < -0.3 is 15.0 Å². The molecule has 0 aliphatic heterocycles. The number of carbonyl (C=O) groups excluding carboxylic acids is 2. The first kappa shape index (κ1) is 19.1. The van der Waals surface area contributed by atoms with Crippen LogP contribution in [-0.2, 0) is 11.2 Å². The highest BCUT2D eigenvalue weighted by Gasteiger charge is 2.24. The van der Waals surface area contributed by atoms with E-state index in [0.29, 0.717) is 34.6 Å². The second kappa shape index (κ2) is 8.71. The summed E-state index contributed by atoms with van der Waals surface area (Å²) in [5.74, 6) is 0.218. The van der Waals surface area contributed by atoms with Gasteiger partial charge in [0.2, 0.25) is 0 Å². The van der Waals surface area contributed by atoms with Crippen LogP contribution in [0.15, 0.2) is 23.4 Å². The van der Waals surface area contributed by atoms with Crippen molar-refractivity contribution in [2.24, 2.45) is 0 Å². The van der Waals surface area contributed by atoms with Crippen LogP contribution in [-0.4, -0.2) is 34.7 Å². The largest absolute Gasteiger partial charge is 0.465 e. The molecule has 2 heterocycles. The summed E-state index contributed by atoms with van der Waals surface area (Å²) in [6.07, 6.45) is 3.06. The lowest BCUT2D eigenvalue weighted by Gasteiger charge is -2.07. The molecule has 7 heteroatoms. The minimum atomic E-state index is -0.432. The van der Waals surface area contributed by atoms with E-state index in [0.717, 1.165) is 17.2 Å². The Kier molecular flexibility index (Phi) is 6.64. The summed E-state index contributed by atoms with van der Waals surface area (Å²) in [6.45, 7) is 5.82. The summed E-state index contributed by atoms with van der Waals surface area (Å²) < 4.78 is 4.85. The van der Waals surface area contributed by atoms with Crippen molar-refractivity contribution in [3.05, 3.63) is 40.8 Å². The molecule has 0 unspecified atom stereocenters. The highest BCUT2D eigenvalue weighted by Crippen LogP contribution is 2.23. The van der Waals surface area contributed by atoms with Gasteiger partial charge in [0.05, 0.1) is 29.6 Å². The van der Waals surface area contributed by atoms with E-state index in [2.05, 4.69) is 22.2 Å². The van der Waals surface area contributed by atoms with Gasteiger partial charge in [0.1, 0.15) is 5.69 Å². The van der Waals surface area contributed by atoms with Crippen LogP contribution in [0.3, 0.4) is 0 Å². The van der Waals surface area contributed by atoms with E-state index < -0.39 is 5.97 Å². The Balaban J connectivity index is 2.27. The van der Waals surface area contributed by atoms with Crippen LogP contribution in [0.25, 0.3) is 0 Å². The van der Waals surface area contributed by atoms with Gasteiger partial charge >= 0.3 is 5.97 Å². The normalized spacial score (nSPS) is 10.6. The van der Waals surface area contributed by atoms with Crippen LogP contribution >= 0.6 is 11.8 Å². The number of aromatic amines is 1. The van der Waals surface area contributed by atoms with Crippen LogP contribution in [0.1, 0.15) is 52.4 Å². The Labute approximate surface area is 151 Å². The van der Waals surface area contributed by atoms with E-state index in [4.69, 9.17) is 4.74 Å². The molecule has 2 aromatic rings. The highest BCUT2D eigenvalue weighted by atomic mass is 32.2. The van der Waals surface area contributed by atoms with Crippen molar-refractivity contribution in [3.63, 3.8) is 0 Å². The van der Waals surface area contributed by atoms with Crippen molar-refractivity contribution in [1.29, 1.82) is 0 Å². The van der Waals surface area contributed by atoms with Crippen molar-refractivity contribution >= 4 is 29.3 Å². The summed E-state index contributed by atoms with van der Waals surface area (Å²) >= 11 is 1.64. The number of nitrogens with zero attached hydrogens (tertiary/aromatic N) is 1. The molecule has 0 atom stereocenters. The molecule has 134 valence electrons. The maximum absolute atomic E-state index is 12.7. The van der Waals surface area contributed by atoms with Crippen molar-refractivity contribution in [1.82, 2.24) is 9.97 Å². The van der Waals surface area contributed by atoms with E-state index in [9.17, 15) is 9.59 Å². The van der Waals surface area contributed by atoms with E-state index in [-0.39, 0.29) is 5.91 Å². The van der Waals surface area contributed by atoms with Crippen molar-refractivity contribution in [2.45, 2.75) is 38.6 Å². The zero-order chi connectivity index (χ0) is 18.4. The molecule has 0 aliphatic rings. The summed E-state index contributed by atoms with van der Waals surface area (Å²) in [5.41, 5.74) is 2.78. The Bertz CT molecular complexity index is 754. The number of ether oxygens (including phenoxy) is 1. The number of anilines is 1. The lowest BCUT2D eigenvalue weighted by molar-refractivity contribution is 0.0599. The molecule has 0 saturated carbocycles. The molecule has 2 aromatic heterocycles. The second-order valence-corrected chi connectivity index (χ2v) is 6.78. The molecule has 0 fully saturated rings. The predicted molar refractivity (Wildman–Crippen MR) is 99.5 cm³/mol. The number of methoxy groups -OCH3 is 1. The van der Waals surface area contributed by atoms with Crippen LogP contribution in [0.4, 0.5) is 5.69 Å². The number of H-pyrrole nitrogens is 1. The number of aromatic nitrogens is 2. The molecular weight excluding hydrogens is 338 g/mol. The maximum Gasteiger partial charge on any atom is 0.339 e. The van der Waals surface area contributed by atoms with Gasteiger partial charge in [0, 0.05) is 5.69 Å². The third-order valence-corrected chi connectivity index (χ3v) is 4.52. The van der Waals surface area contributed by atoms with Gasteiger partial charge in [-0.1, -0.05) is 20.3 Å². The molecular formula is C18H23N3O3S. The summed E-state index contributed by atoms with van der Waals surface area (Å²) in [7, 11) is 1.34. The Morgan fingerprint density at radius 2 is 2.08 bits per heavy atom. The van der Waals surface area contributed by atoms with E-state index >= 15 is 0 Å². The number of rotatable bonds is 7. The fraction of sp³-hybridized carbons (Fsp3) is 0.389. The number of carbonyl (C=O) groups is 2. The third kappa shape index (κ3) is 4.42. The minimum Gasteiger partial charge on any atom is -0.465 e. The number of nitrogens with one attached hydrogen (secondary N) is 2. The maximum atomic E-state index is 12.7. The topological polar surface area (TPSA) is 84.1 Å². The van der Waals surface area contributed by atoms with Crippen LogP contribution in [0, 0.1) is 6.92 Å². The Hall–Kier alpha value is -2.28. The van der Waals surface area contributed by atoms with Gasteiger partial charge in [-0.2, -0.15) is 0 Å². The number of pyridine rings is 1. The van der Waals surface area contributed by atoms with Gasteiger partial charge in [-0.3, -0.25) is 4.79 Å². The summed E-state index contributed by atoms with van der Waals surface area (Å²) in [6, 6.07) is 3.69. The molecule has 0 aromatic carbocycles. The molecule has 1 amide bonds. The first-order chi connectivity index (χ1) is 12.0. The van der Waals surface area contributed by atoms with Gasteiger partial charge in [-0.25, -0.2) is 9.78 Å². The standard InChI is InChI=1S/C18H23N3O3S/c1-5-7-13-15(18(23)24-4)11(3)20-16(13)17(22)21-12-8-9-14(19-10-12)25-6-2/h8-10,20H,5-7H2,1-4H3,(H,21,22). The minimum absolute atomic E-state index is 0.292. The molecule has 0 spiro atoms. The summed E-state index contributed by atoms with van der Waals surface area (Å²) in [5, 5.41) is 3.74. The van der Waals surface area contributed by atoms with E-state index in [1.807, 2.05) is 19.1 Å². The number of thioether (sulfide) groups is 1. The molecule has 2 rings (SSSR count). The fourth-order valence-corrected chi connectivity index (χ4v) is 3.22. The quantitative estimate of drug-likeness (QED) is 0.578. The smallest absolute Gasteiger partial charge is 0.339 e. The average Bonchev–Trinajstić information content (AvgIpc) is 2.93. The zero-order valence-corrected chi connectivity index (χ0v) is 15.8. The fourth-order valence-electron chi connectivity index (χ4n) is 2.63. The highest BCUT2D eigenvalue weighted by molar-refractivity contribution is 7.99. The zero-order valence-electron chi connectivity index (χ0n) is 14.9. The monoisotopic (exact) mass is 361 g/mol. The van der Waals surface area contributed by atoms with Crippen LogP contribution in [0.5, 0.6) is 0 Å². The summed E-state index contributed by atoms with van der Waals surface area (Å²) in [4.78, 5) is 32.0. The lowest BCUT2D eigenvalue weighted by Crippen LogP contribution is -2.15. The van der Waals surface area contributed by atoms with Crippen molar-refractivity contribution in [2.75, 3.05) is 18.2 Å². The number of hydrogen-bond acceptors (Lipinski definition) is 5. The van der Waals surface area contributed by atoms with Gasteiger partial charge in [-0.15, -0.1) is 11.8 Å². The molecule has 0 bridgehead atoms. The second-order valence-electron chi connectivity index (χ2n) is 5.49. The Morgan fingerprint density at radius 1 is 1.32 bits per heavy atom. The average molecular weight is 361 g/mol. The lowest BCUT2D eigenvalue weighted by atomic mass is 10.0. The number of esters is 1. The first-order valence-electron chi connectivity index (χ1n) is 8.21. The first-order valence-corrected chi connectivity index (χ1v) is 9.20. The predicted octanol–water partition coefficient (Wildman–Crippen LogP) is 3.82. The van der Waals surface area contributed by atoms with Crippen LogP contribution < -0.4 is 5.32 Å². The Morgan fingerprint density at radius 3 is 2.64 bits per heavy atom. The van der Waals surface area contributed by atoms with E-state index in [1.165, 1.54) is 7.11 Å². The molecule has 2 N–H and O–H groups in total. The van der Waals surface area contributed by atoms with Crippen molar-refractivity contribution in [3.8, 4) is 0 Å². The molecule has 0 radical (unpaired) electrons. The molecule has 0 saturated heterocycles. The van der Waals surface area contributed by atoms with E-state index in [1.54, 1.807) is 24.9 Å². The number of amides is 1. The SMILES string of the molecule is CCCc1c(C(=O)Nc2ccc(SCC)nc2)[nH]c(C)c1C(=O)OC. The molecule has 6 nitrogen and oxygen atoms in total. The molecule has 25 heavy (non-hydrogen) atoms. The van der Waals surface area contributed by atoms with Gasteiger partial charge in [0.25, 0.3) is 5.91 Å². The van der Waals surface area contributed by atoms with Crippen molar-refractivity contribution < 1.29 is 14.3 Å². The number of aryl methyl sites for hydroxylation is 1. The van der Waals surface area contributed by atoms with Gasteiger partial charge in [-0.05, 0) is 36.8 Å². The molecule has 0 aliphatic carbocycles. The number of hydrogen-bond donors (Lipinski definition) is 2. The van der Waals surface area contributed by atoms with Gasteiger partial charge in [0.15, 0.2) is 0 Å². The third-order valence-electron chi connectivity index (χ3n) is 3.69.